The highest BCUT2D eigenvalue weighted by Crippen LogP contribution is 2.19. The number of aromatic nitrogens is 2. The normalized spacial score (nSPS) is 10.3. The lowest BCUT2D eigenvalue weighted by atomic mass is 10.2. The number of hydrogen-bond donors (Lipinski definition) is 2. The van der Waals surface area contributed by atoms with Gasteiger partial charge in [-0.15, -0.1) is 0 Å². The Bertz CT molecular complexity index is 889. The number of nitrogens with zero attached hydrogens (tertiary/aromatic N) is 3. The smallest absolute Gasteiger partial charge is 0.255 e. The molecule has 0 saturated carbocycles. The summed E-state index contributed by atoms with van der Waals surface area (Å²) in [6.07, 6.45) is 1.52. The quantitative estimate of drug-likeness (QED) is 0.734. The number of benzene rings is 2. The van der Waals surface area contributed by atoms with Crippen LogP contribution in [0.1, 0.15) is 16.1 Å². The Morgan fingerprint density at radius 3 is 2.19 bits per heavy atom. The predicted molar refractivity (Wildman–Crippen MR) is 105 cm³/mol. The van der Waals surface area contributed by atoms with Gasteiger partial charge >= 0.3 is 0 Å². The van der Waals surface area contributed by atoms with Gasteiger partial charge in [0, 0.05) is 48.5 Å². The molecule has 1 aromatic heterocycles. The van der Waals surface area contributed by atoms with Crippen LogP contribution >= 0.6 is 0 Å². The van der Waals surface area contributed by atoms with Gasteiger partial charge in [0.1, 0.15) is 12.1 Å². The minimum Gasteiger partial charge on any atom is -0.378 e. The molecule has 132 valence electrons. The topological polar surface area (TPSA) is 70.2 Å². The van der Waals surface area contributed by atoms with Crippen LogP contribution in [0.3, 0.4) is 0 Å². The van der Waals surface area contributed by atoms with E-state index < -0.39 is 0 Å². The van der Waals surface area contributed by atoms with Crippen molar-refractivity contribution in [2.24, 2.45) is 0 Å². The largest absolute Gasteiger partial charge is 0.378 e. The zero-order chi connectivity index (χ0) is 18.5. The van der Waals surface area contributed by atoms with Crippen LogP contribution in [-0.2, 0) is 0 Å². The maximum Gasteiger partial charge on any atom is 0.255 e. The van der Waals surface area contributed by atoms with E-state index in [2.05, 4.69) is 20.6 Å². The minimum absolute atomic E-state index is 0.137. The second-order valence-electron chi connectivity index (χ2n) is 6.14. The SMILES string of the molecule is Cc1cc(Nc2ccc(NC(=O)c3ccc(N(C)C)cc3)cc2)ncn1. The molecule has 0 radical (unpaired) electrons. The van der Waals surface area contributed by atoms with Crippen molar-refractivity contribution < 1.29 is 4.79 Å². The summed E-state index contributed by atoms with van der Waals surface area (Å²) < 4.78 is 0. The molecular weight excluding hydrogens is 326 g/mol. The standard InChI is InChI=1S/C20H21N5O/c1-14-12-19(22-13-21-14)23-16-6-8-17(9-7-16)24-20(26)15-4-10-18(11-5-15)25(2)3/h4-13H,1-3H3,(H,24,26)(H,21,22,23). The van der Waals surface area contributed by atoms with Gasteiger partial charge in [-0.2, -0.15) is 0 Å². The van der Waals surface area contributed by atoms with Crippen LogP contribution in [0.2, 0.25) is 0 Å². The average molecular weight is 347 g/mol. The van der Waals surface area contributed by atoms with E-state index in [1.165, 1.54) is 6.33 Å². The van der Waals surface area contributed by atoms with Crippen molar-refractivity contribution in [1.29, 1.82) is 0 Å². The van der Waals surface area contributed by atoms with E-state index in [0.717, 1.165) is 28.6 Å². The van der Waals surface area contributed by atoms with Crippen molar-refractivity contribution in [3.05, 3.63) is 72.2 Å². The molecule has 0 fully saturated rings. The molecule has 0 atom stereocenters. The minimum atomic E-state index is -0.137. The Morgan fingerprint density at radius 2 is 1.58 bits per heavy atom. The second kappa shape index (κ2) is 7.65. The summed E-state index contributed by atoms with van der Waals surface area (Å²) in [7, 11) is 3.93. The third kappa shape index (κ3) is 4.36. The summed E-state index contributed by atoms with van der Waals surface area (Å²) in [5.41, 5.74) is 4.19. The van der Waals surface area contributed by atoms with Gasteiger partial charge in [0.15, 0.2) is 0 Å². The molecule has 2 N–H and O–H groups in total. The molecule has 0 aliphatic rings. The Balaban J connectivity index is 1.64. The van der Waals surface area contributed by atoms with Crippen LogP contribution in [-0.4, -0.2) is 30.0 Å². The summed E-state index contributed by atoms with van der Waals surface area (Å²) in [6, 6.07) is 16.8. The Morgan fingerprint density at radius 1 is 0.923 bits per heavy atom. The molecule has 0 spiro atoms. The lowest BCUT2D eigenvalue weighted by Crippen LogP contribution is -2.13. The first-order valence-corrected chi connectivity index (χ1v) is 8.26. The van der Waals surface area contributed by atoms with Gasteiger partial charge in [-0.1, -0.05) is 0 Å². The highest BCUT2D eigenvalue weighted by atomic mass is 16.1. The molecule has 3 aromatic rings. The first kappa shape index (κ1) is 17.4. The summed E-state index contributed by atoms with van der Waals surface area (Å²) in [6.45, 7) is 1.91. The van der Waals surface area contributed by atoms with E-state index in [0.29, 0.717) is 5.56 Å². The van der Waals surface area contributed by atoms with E-state index >= 15 is 0 Å². The highest BCUT2D eigenvalue weighted by molar-refractivity contribution is 6.04. The summed E-state index contributed by atoms with van der Waals surface area (Å²) in [4.78, 5) is 22.6. The van der Waals surface area contributed by atoms with Crippen molar-refractivity contribution in [3.63, 3.8) is 0 Å². The third-order valence-corrected chi connectivity index (χ3v) is 3.86. The van der Waals surface area contributed by atoms with E-state index in [9.17, 15) is 4.79 Å². The molecule has 1 heterocycles. The first-order chi connectivity index (χ1) is 12.5. The number of carbonyl (C=O) groups is 1. The molecular formula is C20H21N5O. The molecule has 0 aliphatic heterocycles. The van der Waals surface area contributed by atoms with Gasteiger partial charge in [-0.05, 0) is 55.5 Å². The van der Waals surface area contributed by atoms with Gasteiger partial charge in [-0.3, -0.25) is 4.79 Å². The lowest BCUT2D eigenvalue weighted by Gasteiger charge is -2.13. The Labute approximate surface area is 152 Å². The van der Waals surface area contributed by atoms with Crippen LogP contribution in [0.25, 0.3) is 0 Å². The maximum absolute atomic E-state index is 12.4. The van der Waals surface area contributed by atoms with Crippen LogP contribution in [0.4, 0.5) is 22.9 Å². The molecule has 1 amide bonds. The Kier molecular flexibility index (Phi) is 5.12. The summed E-state index contributed by atoms with van der Waals surface area (Å²) in [5, 5.41) is 6.11. The second-order valence-corrected chi connectivity index (χ2v) is 6.14. The fraction of sp³-hybridized carbons (Fsp3) is 0.150. The molecule has 2 aromatic carbocycles. The number of aryl methyl sites for hydroxylation is 1. The van der Waals surface area contributed by atoms with Gasteiger partial charge in [-0.25, -0.2) is 9.97 Å². The van der Waals surface area contributed by atoms with Crippen molar-refractivity contribution in [1.82, 2.24) is 9.97 Å². The fourth-order valence-electron chi connectivity index (χ4n) is 2.42. The van der Waals surface area contributed by atoms with Crippen LogP contribution < -0.4 is 15.5 Å². The van der Waals surface area contributed by atoms with E-state index in [-0.39, 0.29) is 5.91 Å². The summed E-state index contributed by atoms with van der Waals surface area (Å²) in [5.74, 6) is 0.595. The van der Waals surface area contributed by atoms with Crippen LogP contribution in [0.15, 0.2) is 60.9 Å². The predicted octanol–water partition coefficient (Wildman–Crippen LogP) is 3.85. The van der Waals surface area contributed by atoms with Crippen molar-refractivity contribution >= 4 is 28.8 Å². The molecule has 0 bridgehead atoms. The number of carbonyl (C=O) groups excluding carboxylic acids is 1. The summed E-state index contributed by atoms with van der Waals surface area (Å²) >= 11 is 0. The van der Waals surface area contributed by atoms with Gasteiger partial charge in [0.25, 0.3) is 5.91 Å². The molecule has 3 rings (SSSR count). The highest BCUT2D eigenvalue weighted by Gasteiger charge is 2.07. The number of anilines is 4. The Hall–Kier alpha value is -3.41. The van der Waals surface area contributed by atoms with E-state index in [1.807, 2.05) is 80.5 Å². The van der Waals surface area contributed by atoms with Crippen molar-refractivity contribution in [3.8, 4) is 0 Å². The monoisotopic (exact) mass is 347 g/mol. The number of hydrogen-bond acceptors (Lipinski definition) is 5. The molecule has 6 nitrogen and oxygen atoms in total. The van der Waals surface area contributed by atoms with Crippen molar-refractivity contribution in [2.75, 3.05) is 29.6 Å². The zero-order valence-electron chi connectivity index (χ0n) is 15.0. The molecule has 0 unspecified atom stereocenters. The zero-order valence-corrected chi connectivity index (χ0v) is 15.0. The lowest BCUT2D eigenvalue weighted by molar-refractivity contribution is 0.102. The number of rotatable bonds is 5. The van der Waals surface area contributed by atoms with Gasteiger partial charge in [0.05, 0.1) is 0 Å². The number of amides is 1. The molecule has 0 aliphatic carbocycles. The van der Waals surface area contributed by atoms with Crippen molar-refractivity contribution in [2.45, 2.75) is 6.92 Å². The van der Waals surface area contributed by atoms with Gasteiger partial charge in [0.2, 0.25) is 0 Å². The molecule has 26 heavy (non-hydrogen) atoms. The molecule has 0 saturated heterocycles. The van der Waals surface area contributed by atoms with E-state index in [4.69, 9.17) is 0 Å². The van der Waals surface area contributed by atoms with E-state index in [1.54, 1.807) is 0 Å². The first-order valence-electron chi connectivity index (χ1n) is 8.26. The average Bonchev–Trinajstić information content (AvgIpc) is 2.63. The van der Waals surface area contributed by atoms with Gasteiger partial charge < -0.3 is 15.5 Å². The molecule has 6 heteroatoms. The number of nitrogens with one attached hydrogen (secondary N) is 2. The van der Waals surface area contributed by atoms with Crippen LogP contribution in [0, 0.1) is 6.92 Å². The maximum atomic E-state index is 12.4. The third-order valence-electron chi connectivity index (χ3n) is 3.86. The fourth-order valence-corrected chi connectivity index (χ4v) is 2.42. The van der Waals surface area contributed by atoms with Crippen LogP contribution in [0.5, 0.6) is 0 Å².